The minimum Gasteiger partial charge on any atom is -0.382 e. The van der Waals surface area contributed by atoms with Gasteiger partial charge in [0.1, 0.15) is 17.7 Å². The number of aromatic nitrogens is 3. The van der Waals surface area contributed by atoms with E-state index in [-0.39, 0.29) is 35.6 Å². The van der Waals surface area contributed by atoms with Gasteiger partial charge in [-0.05, 0) is 43.2 Å². The first-order chi connectivity index (χ1) is 17.8. The molecule has 3 N–H and O–H groups in total. The SMILES string of the molecule is CC(F)CNCc1ccc(-c2cc(-c3nc(-c4ccc(SC(C)CCF)cc4)cnc3N)on2)c(F)c1. The number of hydrogen-bond acceptors (Lipinski definition) is 7. The molecule has 2 unspecified atom stereocenters. The maximum Gasteiger partial charge on any atom is 0.189 e. The lowest BCUT2D eigenvalue weighted by Crippen LogP contribution is -2.21. The number of benzene rings is 2. The minimum absolute atomic E-state index is 0.155. The molecule has 0 aliphatic heterocycles. The van der Waals surface area contributed by atoms with E-state index >= 15 is 0 Å². The molecular weight excluding hydrogens is 499 g/mol. The zero-order chi connectivity index (χ0) is 26.4. The van der Waals surface area contributed by atoms with Gasteiger partial charge in [0.15, 0.2) is 17.3 Å². The minimum atomic E-state index is -0.979. The summed E-state index contributed by atoms with van der Waals surface area (Å²) in [6.07, 6.45) is 1.09. The highest BCUT2D eigenvalue weighted by molar-refractivity contribution is 7.99. The van der Waals surface area contributed by atoms with Crippen LogP contribution in [0.2, 0.25) is 0 Å². The van der Waals surface area contributed by atoms with Crippen LogP contribution in [0.5, 0.6) is 0 Å². The van der Waals surface area contributed by atoms with Crippen molar-refractivity contribution in [3.05, 3.63) is 66.1 Å². The fraction of sp³-hybridized carbons (Fsp3) is 0.296. The Morgan fingerprint density at radius 3 is 2.57 bits per heavy atom. The molecule has 0 fully saturated rings. The first-order valence-corrected chi connectivity index (χ1v) is 12.8. The number of halogens is 3. The van der Waals surface area contributed by atoms with Gasteiger partial charge in [0.2, 0.25) is 0 Å². The Kier molecular flexibility index (Phi) is 8.83. The summed E-state index contributed by atoms with van der Waals surface area (Å²) in [4.78, 5) is 9.90. The lowest BCUT2D eigenvalue weighted by atomic mass is 10.1. The third-order valence-corrected chi connectivity index (χ3v) is 6.79. The van der Waals surface area contributed by atoms with Crippen molar-refractivity contribution in [2.24, 2.45) is 0 Å². The van der Waals surface area contributed by atoms with Gasteiger partial charge in [-0.3, -0.25) is 4.39 Å². The fourth-order valence-electron chi connectivity index (χ4n) is 3.67. The molecule has 0 aliphatic carbocycles. The second-order valence-electron chi connectivity index (χ2n) is 8.72. The largest absolute Gasteiger partial charge is 0.382 e. The Labute approximate surface area is 217 Å². The van der Waals surface area contributed by atoms with E-state index in [4.69, 9.17) is 10.3 Å². The molecule has 0 saturated heterocycles. The van der Waals surface area contributed by atoms with Gasteiger partial charge in [0.25, 0.3) is 0 Å². The summed E-state index contributed by atoms with van der Waals surface area (Å²) >= 11 is 1.61. The number of nitrogens with zero attached hydrogens (tertiary/aromatic N) is 3. The Hall–Kier alpha value is -3.37. The average Bonchev–Trinajstić information content (AvgIpc) is 3.34. The summed E-state index contributed by atoms with van der Waals surface area (Å²) in [5.74, 6) is -0.0575. The predicted molar refractivity (Wildman–Crippen MR) is 141 cm³/mol. The van der Waals surface area contributed by atoms with Crippen molar-refractivity contribution >= 4 is 17.6 Å². The Bertz CT molecular complexity index is 1330. The molecule has 0 saturated carbocycles. The van der Waals surface area contributed by atoms with Crippen molar-refractivity contribution in [2.45, 2.75) is 43.1 Å². The third kappa shape index (κ3) is 6.90. The van der Waals surface area contributed by atoms with Crippen LogP contribution in [0.1, 0.15) is 25.8 Å². The van der Waals surface area contributed by atoms with Crippen molar-refractivity contribution in [1.82, 2.24) is 20.4 Å². The number of alkyl halides is 2. The molecule has 2 aromatic heterocycles. The highest BCUT2D eigenvalue weighted by Gasteiger charge is 2.17. The van der Waals surface area contributed by atoms with E-state index in [0.717, 1.165) is 10.5 Å². The van der Waals surface area contributed by atoms with E-state index in [2.05, 4.69) is 20.4 Å². The first kappa shape index (κ1) is 26.7. The molecule has 37 heavy (non-hydrogen) atoms. The molecule has 194 valence electrons. The van der Waals surface area contributed by atoms with Crippen molar-refractivity contribution < 1.29 is 17.7 Å². The summed E-state index contributed by atoms with van der Waals surface area (Å²) in [6, 6.07) is 14.1. The zero-order valence-electron chi connectivity index (χ0n) is 20.5. The maximum absolute atomic E-state index is 14.8. The van der Waals surface area contributed by atoms with Gasteiger partial charge in [-0.25, -0.2) is 18.7 Å². The summed E-state index contributed by atoms with van der Waals surface area (Å²) < 4.78 is 45.8. The van der Waals surface area contributed by atoms with E-state index in [0.29, 0.717) is 35.6 Å². The number of thioether (sulfide) groups is 1. The smallest absolute Gasteiger partial charge is 0.189 e. The normalized spacial score (nSPS) is 13.0. The van der Waals surface area contributed by atoms with Gasteiger partial charge in [-0.1, -0.05) is 30.3 Å². The molecule has 0 bridgehead atoms. The standard InChI is InChI=1S/C27H28F3N5OS/c1-16(29)13-32-14-18-3-8-21(22(30)11-18)23-12-25(36-35-23)26-27(31)33-15-24(34-26)19-4-6-20(7-5-19)37-17(2)9-10-28/h3-8,11-12,15-17,32H,9-10,13-14H2,1-2H3,(H2,31,33). The van der Waals surface area contributed by atoms with Crippen molar-refractivity contribution in [3.63, 3.8) is 0 Å². The number of nitrogens with two attached hydrogens (primary N) is 1. The van der Waals surface area contributed by atoms with Gasteiger partial charge < -0.3 is 15.6 Å². The van der Waals surface area contributed by atoms with E-state index in [1.54, 1.807) is 36.2 Å². The monoisotopic (exact) mass is 527 g/mol. The molecule has 10 heteroatoms. The van der Waals surface area contributed by atoms with Crippen LogP contribution in [-0.4, -0.2) is 39.8 Å². The van der Waals surface area contributed by atoms with Crippen molar-refractivity contribution in [2.75, 3.05) is 19.0 Å². The van der Waals surface area contributed by atoms with Crippen LogP contribution in [0.3, 0.4) is 0 Å². The topological polar surface area (TPSA) is 89.9 Å². The lowest BCUT2D eigenvalue weighted by molar-refractivity contribution is 0.344. The zero-order valence-corrected chi connectivity index (χ0v) is 21.4. The number of rotatable bonds is 11. The molecule has 0 aliphatic rings. The molecule has 4 aromatic rings. The quantitative estimate of drug-likeness (QED) is 0.216. The summed E-state index contributed by atoms with van der Waals surface area (Å²) in [6.45, 7) is 3.66. The number of nitrogen functional groups attached to an aromatic ring is 1. The van der Waals surface area contributed by atoms with E-state index in [9.17, 15) is 13.2 Å². The molecule has 2 atom stereocenters. The van der Waals surface area contributed by atoms with Crippen LogP contribution in [0.15, 0.2) is 64.1 Å². The summed E-state index contributed by atoms with van der Waals surface area (Å²) in [5, 5.41) is 7.12. The van der Waals surface area contributed by atoms with Gasteiger partial charge >= 0.3 is 0 Å². The Morgan fingerprint density at radius 1 is 1.08 bits per heavy atom. The van der Waals surface area contributed by atoms with Crippen LogP contribution < -0.4 is 11.1 Å². The fourth-order valence-corrected chi connectivity index (χ4v) is 4.64. The first-order valence-electron chi connectivity index (χ1n) is 11.9. The molecule has 0 amide bonds. The van der Waals surface area contributed by atoms with Gasteiger partial charge in [0.05, 0.1) is 18.6 Å². The van der Waals surface area contributed by atoms with Gasteiger partial charge in [-0.2, -0.15) is 0 Å². The molecule has 2 aromatic carbocycles. The maximum atomic E-state index is 14.8. The second-order valence-corrected chi connectivity index (χ2v) is 10.2. The van der Waals surface area contributed by atoms with Crippen molar-refractivity contribution in [3.8, 4) is 34.0 Å². The highest BCUT2D eigenvalue weighted by atomic mass is 32.2. The van der Waals surface area contributed by atoms with Crippen LogP contribution in [-0.2, 0) is 6.54 Å². The van der Waals surface area contributed by atoms with Crippen molar-refractivity contribution in [1.29, 1.82) is 0 Å². The number of nitrogens with one attached hydrogen (secondary N) is 1. The van der Waals surface area contributed by atoms with Gasteiger partial charge in [-0.15, -0.1) is 11.8 Å². The van der Waals surface area contributed by atoms with Crippen LogP contribution >= 0.6 is 11.8 Å². The molecule has 0 radical (unpaired) electrons. The molecule has 0 spiro atoms. The van der Waals surface area contributed by atoms with E-state index in [1.165, 1.54) is 13.0 Å². The molecule has 6 nitrogen and oxygen atoms in total. The molecule has 2 heterocycles. The lowest BCUT2D eigenvalue weighted by Gasteiger charge is -2.10. The Morgan fingerprint density at radius 2 is 1.86 bits per heavy atom. The second kappa shape index (κ2) is 12.2. The predicted octanol–water partition coefficient (Wildman–Crippen LogP) is 6.47. The Balaban J connectivity index is 1.52. The highest BCUT2D eigenvalue weighted by Crippen LogP contribution is 2.32. The summed E-state index contributed by atoms with van der Waals surface area (Å²) in [5.41, 5.74) is 9.02. The number of hydrogen-bond donors (Lipinski definition) is 2. The molecular formula is C27H28F3N5OS. The van der Waals surface area contributed by atoms with E-state index < -0.39 is 12.0 Å². The van der Waals surface area contributed by atoms with Crippen LogP contribution in [0, 0.1) is 5.82 Å². The van der Waals surface area contributed by atoms with Gasteiger partial charge in [0, 0.05) is 40.4 Å². The molecule has 4 rings (SSSR count). The van der Waals surface area contributed by atoms with Crippen LogP contribution in [0.4, 0.5) is 19.0 Å². The third-order valence-electron chi connectivity index (χ3n) is 5.61. The van der Waals surface area contributed by atoms with Crippen LogP contribution in [0.25, 0.3) is 34.0 Å². The van der Waals surface area contributed by atoms with E-state index in [1.807, 2.05) is 31.2 Å². The summed E-state index contributed by atoms with van der Waals surface area (Å²) in [7, 11) is 0. The number of anilines is 1. The average molecular weight is 528 g/mol.